The Bertz CT molecular complexity index is 739. The van der Waals surface area contributed by atoms with E-state index in [2.05, 4.69) is 10.2 Å². The fraction of sp³-hybridized carbons (Fsp3) is 0.133. The van der Waals surface area contributed by atoms with E-state index in [1.165, 1.54) is 0 Å². The van der Waals surface area contributed by atoms with Gasteiger partial charge in [-0.25, -0.2) is 4.79 Å². The minimum absolute atomic E-state index is 0.428. The molecule has 0 aliphatic carbocycles. The maximum Gasteiger partial charge on any atom is 0.338 e. The van der Waals surface area contributed by atoms with Gasteiger partial charge in [-0.05, 0) is 24.1 Å². The second kappa shape index (κ2) is 6.13. The summed E-state index contributed by atoms with van der Waals surface area (Å²) < 4.78 is 0. The molecule has 2 rings (SSSR count). The molecule has 2 aromatic carbocycles. The molecule has 114 valence electrons. The van der Waals surface area contributed by atoms with Crippen molar-refractivity contribution in [2.45, 2.75) is 13.3 Å². The first-order chi connectivity index (χ1) is 10.4. The topological polar surface area (TPSA) is 123 Å². The lowest BCUT2D eigenvalue weighted by atomic mass is 10.1. The lowest BCUT2D eigenvalue weighted by molar-refractivity contribution is 0.0697. The van der Waals surface area contributed by atoms with E-state index in [0.29, 0.717) is 5.69 Å². The van der Waals surface area contributed by atoms with Crippen molar-refractivity contribution < 1.29 is 25.2 Å². The molecule has 0 unspecified atom stereocenters. The third kappa shape index (κ3) is 2.98. The van der Waals surface area contributed by atoms with Crippen LogP contribution in [0.5, 0.6) is 17.2 Å². The Morgan fingerprint density at radius 3 is 2.23 bits per heavy atom. The van der Waals surface area contributed by atoms with Crippen LogP contribution in [-0.4, -0.2) is 26.4 Å². The number of phenols is 3. The van der Waals surface area contributed by atoms with Gasteiger partial charge < -0.3 is 20.4 Å². The number of nitrogens with zero attached hydrogens (tertiary/aromatic N) is 2. The SMILES string of the molecule is CCc1ccc(/N=N/c2c(C(=O)O)cc(O)c(O)c2O)cc1. The van der Waals surface area contributed by atoms with Crippen molar-refractivity contribution in [3.8, 4) is 17.2 Å². The molecule has 2 aromatic rings. The molecule has 0 bridgehead atoms. The van der Waals surface area contributed by atoms with E-state index in [4.69, 9.17) is 5.11 Å². The van der Waals surface area contributed by atoms with Gasteiger partial charge in [0, 0.05) is 6.07 Å². The number of hydrogen-bond acceptors (Lipinski definition) is 6. The second-order valence-corrected chi connectivity index (χ2v) is 4.51. The van der Waals surface area contributed by atoms with Gasteiger partial charge in [-0.15, -0.1) is 5.11 Å². The first-order valence-electron chi connectivity index (χ1n) is 6.46. The molecule has 0 saturated carbocycles. The standard InChI is InChI=1S/C15H14N2O5/c1-2-8-3-5-9(6-4-8)16-17-12-10(15(21)22)7-11(18)13(19)14(12)20/h3-7,18-20H,2H2,1H3,(H,21,22)/b17-16+. The molecule has 7 nitrogen and oxygen atoms in total. The predicted octanol–water partition coefficient (Wildman–Crippen LogP) is 3.48. The predicted molar refractivity (Wildman–Crippen MR) is 78.4 cm³/mol. The zero-order valence-electron chi connectivity index (χ0n) is 11.7. The lowest BCUT2D eigenvalue weighted by Gasteiger charge is -2.06. The number of rotatable bonds is 4. The van der Waals surface area contributed by atoms with Gasteiger partial charge in [0.1, 0.15) is 5.69 Å². The summed E-state index contributed by atoms with van der Waals surface area (Å²) in [6.07, 6.45) is 0.868. The van der Waals surface area contributed by atoms with E-state index >= 15 is 0 Å². The fourth-order valence-electron chi connectivity index (χ4n) is 1.80. The summed E-state index contributed by atoms with van der Waals surface area (Å²) in [4.78, 5) is 11.1. The second-order valence-electron chi connectivity index (χ2n) is 4.51. The van der Waals surface area contributed by atoms with Gasteiger partial charge in [0.2, 0.25) is 5.75 Å². The highest BCUT2D eigenvalue weighted by Crippen LogP contribution is 2.45. The smallest absolute Gasteiger partial charge is 0.338 e. The Morgan fingerprint density at radius 1 is 1.05 bits per heavy atom. The zero-order chi connectivity index (χ0) is 16.3. The quantitative estimate of drug-likeness (QED) is 0.508. The van der Waals surface area contributed by atoms with Crippen molar-refractivity contribution in [1.29, 1.82) is 0 Å². The van der Waals surface area contributed by atoms with Crippen LogP contribution in [0.1, 0.15) is 22.8 Å². The molecule has 0 saturated heterocycles. The van der Waals surface area contributed by atoms with Crippen LogP contribution in [0.4, 0.5) is 11.4 Å². The lowest BCUT2D eigenvalue weighted by Crippen LogP contribution is -1.96. The largest absolute Gasteiger partial charge is 0.504 e. The van der Waals surface area contributed by atoms with Crippen LogP contribution < -0.4 is 0 Å². The summed E-state index contributed by atoms with van der Waals surface area (Å²) in [5.41, 5.74) is 0.667. The number of carboxylic acid groups (broad SMARTS) is 1. The van der Waals surface area contributed by atoms with Gasteiger partial charge in [-0.2, -0.15) is 5.11 Å². The van der Waals surface area contributed by atoms with Gasteiger partial charge in [-0.3, -0.25) is 0 Å². The van der Waals surface area contributed by atoms with Crippen LogP contribution in [0.25, 0.3) is 0 Å². The van der Waals surface area contributed by atoms with Crippen LogP contribution in [-0.2, 0) is 6.42 Å². The third-order valence-corrected chi connectivity index (χ3v) is 3.07. The summed E-state index contributed by atoms with van der Waals surface area (Å²) >= 11 is 0. The average molecular weight is 302 g/mol. The molecule has 0 aliphatic rings. The Kier molecular flexibility index (Phi) is 4.26. The van der Waals surface area contributed by atoms with Crippen LogP contribution >= 0.6 is 0 Å². The number of carboxylic acids is 1. The molecule has 0 atom stereocenters. The summed E-state index contributed by atoms with van der Waals surface area (Å²) in [5.74, 6) is -3.85. The molecule has 0 aliphatic heterocycles. The number of carbonyl (C=O) groups is 1. The van der Waals surface area contributed by atoms with Crippen molar-refractivity contribution in [3.05, 3.63) is 41.5 Å². The molecule has 0 spiro atoms. The van der Waals surface area contributed by atoms with Crippen molar-refractivity contribution in [3.63, 3.8) is 0 Å². The molecule has 0 heterocycles. The fourth-order valence-corrected chi connectivity index (χ4v) is 1.80. The molecule has 0 amide bonds. The van der Waals surface area contributed by atoms with Crippen LogP contribution in [0.15, 0.2) is 40.6 Å². The van der Waals surface area contributed by atoms with E-state index in [-0.39, 0.29) is 0 Å². The van der Waals surface area contributed by atoms with Crippen LogP contribution in [0.3, 0.4) is 0 Å². The van der Waals surface area contributed by atoms with Gasteiger partial charge >= 0.3 is 5.97 Å². The minimum atomic E-state index is -1.42. The summed E-state index contributed by atoms with van der Waals surface area (Å²) in [7, 11) is 0. The van der Waals surface area contributed by atoms with Gasteiger partial charge in [-0.1, -0.05) is 19.1 Å². The number of hydrogen-bond donors (Lipinski definition) is 4. The van der Waals surface area contributed by atoms with Crippen LogP contribution in [0, 0.1) is 0 Å². The molecule has 0 aromatic heterocycles. The highest BCUT2D eigenvalue weighted by Gasteiger charge is 2.21. The first kappa shape index (κ1) is 15.3. The molecular formula is C15H14N2O5. The maximum absolute atomic E-state index is 11.1. The summed E-state index contributed by atoms with van der Waals surface area (Å²) in [6, 6.07) is 7.88. The van der Waals surface area contributed by atoms with Gasteiger partial charge in [0.25, 0.3) is 0 Å². The molecule has 0 radical (unpaired) electrons. The van der Waals surface area contributed by atoms with Gasteiger partial charge in [0.05, 0.1) is 11.3 Å². The van der Waals surface area contributed by atoms with E-state index in [0.717, 1.165) is 18.1 Å². The molecular weight excluding hydrogens is 288 g/mol. The number of benzene rings is 2. The number of aromatic hydroxyl groups is 3. The molecule has 4 N–H and O–H groups in total. The zero-order valence-corrected chi connectivity index (χ0v) is 11.7. The maximum atomic E-state index is 11.1. The number of azo groups is 1. The van der Waals surface area contributed by atoms with E-state index in [1.54, 1.807) is 12.1 Å². The first-order valence-corrected chi connectivity index (χ1v) is 6.46. The van der Waals surface area contributed by atoms with Crippen molar-refractivity contribution in [1.82, 2.24) is 0 Å². The molecule has 22 heavy (non-hydrogen) atoms. The Balaban J connectivity index is 2.45. The van der Waals surface area contributed by atoms with Gasteiger partial charge in [0.15, 0.2) is 11.5 Å². The number of phenolic OH excluding ortho intramolecular Hbond substituents is 3. The van der Waals surface area contributed by atoms with Crippen LogP contribution in [0.2, 0.25) is 0 Å². The van der Waals surface area contributed by atoms with E-state index in [1.807, 2.05) is 19.1 Å². The highest BCUT2D eigenvalue weighted by molar-refractivity contribution is 5.96. The third-order valence-electron chi connectivity index (χ3n) is 3.07. The van der Waals surface area contributed by atoms with E-state index < -0.39 is 34.5 Å². The molecule has 7 heteroatoms. The summed E-state index contributed by atoms with van der Waals surface area (Å²) in [6.45, 7) is 2.01. The minimum Gasteiger partial charge on any atom is -0.504 e. The van der Waals surface area contributed by atoms with Crippen molar-refractivity contribution in [2.24, 2.45) is 10.2 Å². The Labute approximate surface area is 125 Å². The van der Waals surface area contributed by atoms with Crippen molar-refractivity contribution >= 4 is 17.3 Å². The number of aryl methyl sites for hydroxylation is 1. The Hall–Kier alpha value is -3.09. The normalized spacial score (nSPS) is 11.0. The van der Waals surface area contributed by atoms with E-state index in [9.17, 15) is 20.1 Å². The summed E-state index contributed by atoms with van der Waals surface area (Å²) in [5, 5.41) is 45.1. The number of aromatic carboxylic acids is 1. The average Bonchev–Trinajstić information content (AvgIpc) is 2.51. The van der Waals surface area contributed by atoms with Crippen molar-refractivity contribution in [2.75, 3.05) is 0 Å². The Morgan fingerprint density at radius 2 is 1.68 bits per heavy atom. The molecule has 0 fully saturated rings. The highest BCUT2D eigenvalue weighted by atomic mass is 16.4. The monoisotopic (exact) mass is 302 g/mol.